The molecule has 374 valence electrons. The molecule has 0 bridgehead atoms. The molecule has 0 aliphatic rings. The summed E-state index contributed by atoms with van der Waals surface area (Å²) >= 11 is 0. The third-order valence-corrected chi connectivity index (χ3v) is 11.6. The summed E-state index contributed by atoms with van der Waals surface area (Å²) in [6, 6.07) is 0. The highest BCUT2D eigenvalue weighted by Crippen LogP contribution is 2.38. The maximum Gasteiger partial charge on any atom is 0.306 e. The van der Waals surface area contributed by atoms with Crippen LogP contribution < -0.4 is 4.89 Å². The van der Waals surface area contributed by atoms with Crippen LogP contribution in [0.2, 0.25) is 0 Å². The van der Waals surface area contributed by atoms with Crippen LogP contribution in [0.3, 0.4) is 0 Å². The van der Waals surface area contributed by atoms with Crippen molar-refractivity contribution in [3.8, 4) is 0 Å². The van der Waals surface area contributed by atoms with Crippen LogP contribution in [0.5, 0.6) is 0 Å². The molecular formula is C56H98NO7P. The normalized spacial score (nSPS) is 14.4. The average Bonchev–Trinajstić information content (AvgIpc) is 3.27. The van der Waals surface area contributed by atoms with Gasteiger partial charge < -0.3 is 27.9 Å². The number of quaternary nitrogens is 1. The van der Waals surface area contributed by atoms with Crippen molar-refractivity contribution >= 4 is 13.8 Å². The predicted octanol–water partition coefficient (Wildman–Crippen LogP) is 15.5. The number of hydrogen-bond acceptors (Lipinski definition) is 7. The van der Waals surface area contributed by atoms with Gasteiger partial charge in [0.25, 0.3) is 7.82 Å². The zero-order valence-corrected chi connectivity index (χ0v) is 43.3. The van der Waals surface area contributed by atoms with Gasteiger partial charge in [0, 0.05) is 13.0 Å². The number of nitrogens with zero attached hydrogens (tertiary/aromatic N) is 1. The number of hydrogen-bond donors (Lipinski definition) is 0. The van der Waals surface area contributed by atoms with Gasteiger partial charge in [-0.05, 0) is 89.9 Å². The molecule has 0 aromatic rings. The van der Waals surface area contributed by atoms with E-state index in [9.17, 15) is 14.3 Å². The number of unbranched alkanes of at least 4 members (excludes halogenated alkanes) is 17. The minimum Gasteiger partial charge on any atom is -0.756 e. The van der Waals surface area contributed by atoms with Crippen molar-refractivity contribution in [1.82, 2.24) is 0 Å². The second-order valence-corrected chi connectivity index (χ2v) is 19.5. The van der Waals surface area contributed by atoms with E-state index < -0.39 is 13.9 Å². The molecule has 8 nitrogen and oxygen atoms in total. The van der Waals surface area contributed by atoms with E-state index in [0.717, 1.165) is 96.3 Å². The van der Waals surface area contributed by atoms with Crippen LogP contribution in [-0.4, -0.2) is 70.7 Å². The van der Waals surface area contributed by atoms with E-state index in [1.165, 1.54) is 77.0 Å². The average molecular weight is 928 g/mol. The third kappa shape index (κ3) is 52.3. The Labute approximate surface area is 400 Å². The topological polar surface area (TPSA) is 94.1 Å². The number of rotatable bonds is 47. The molecule has 0 heterocycles. The fourth-order valence-electron chi connectivity index (χ4n) is 6.71. The summed E-state index contributed by atoms with van der Waals surface area (Å²) in [6.45, 7) is 5.13. The predicted molar refractivity (Wildman–Crippen MR) is 277 cm³/mol. The van der Waals surface area contributed by atoms with Crippen molar-refractivity contribution in [3.05, 3.63) is 97.2 Å². The number of phosphoric acid groups is 1. The Morgan fingerprint density at radius 3 is 1.26 bits per heavy atom. The molecule has 9 heteroatoms. The summed E-state index contributed by atoms with van der Waals surface area (Å²) in [5.74, 6) is -0.347. The van der Waals surface area contributed by atoms with Gasteiger partial charge in [0.15, 0.2) is 0 Å². The number of carbonyl (C=O) groups excluding carboxylic acids is 1. The van der Waals surface area contributed by atoms with Gasteiger partial charge >= 0.3 is 5.97 Å². The summed E-state index contributed by atoms with van der Waals surface area (Å²) in [5, 5.41) is 0. The van der Waals surface area contributed by atoms with E-state index in [4.69, 9.17) is 18.5 Å². The van der Waals surface area contributed by atoms with Gasteiger partial charge in [-0.15, -0.1) is 0 Å². The number of likely N-dealkylation sites (N-methyl/N-ethyl adjacent to an activating group) is 1. The fourth-order valence-corrected chi connectivity index (χ4v) is 7.43. The molecule has 0 fully saturated rings. The Hall–Kier alpha value is -2.58. The van der Waals surface area contributed by atoms with Crippen molar-refractivity contribution in [2.45, 2.75) is 200 Å². The van der Waals surface area contributed by atoms with Crippen molar-refractivity contribution in [3.63, 3.8) is 0 Å². The Morgan fingerprint density at radius 2 is 0.846 bits per heavy atom. The maximum absolute atomic E-state index is 12.8. The van der Waals surface area contributed by atoms with Crippen LogP contribution in [0.1, 0.15) is 194 Å². The van der Waals surface area contributed by atoms with Crippen LogP contribution in [-0.2, 0) is 27.9 Å². The lowest BCUT2D eigenvalue weighted by molar-refractivity contribution is -0.870. The third-order valence-electron chi connectivity index (χ3n) is 10.6. The van der Waals surface area contributed by atoms with Gasteiger partial charge in [-0.1, -0.05) is 195 Å². The monoisotopic (exact) mass is 928 g/mol. The highest BCUT2D eigenvalue weighted by atomic mass is 31.2. The lowest BCUT2D eigenvalue weighted by Crippen LogP contribution is -2.37. The molecule has 2 unspecified atom stereocenters. The van der Waals surface area contributed by atoms with Crippen molar-refractivity contribution in [1.29, 1.82) is 0 Å². The van der Waals surface area contributed by atoms with Crippen LogP contribution in [0.15, 0.2) is 97.2 Å². The first-order chi connectivity index (χ1) is 31.6. The van der Waals surface area contributed by atoms with Gasteiger partial charge in [0.1, 0.15) is 19.3 Å². The molecule has 0 spiro atoms. The van der Waals surface area contributed by atoms with Crippen LogP contribution in [0, 0.1) is 0 Å². The molecule has 0 N–H and O–H groups in total. The first-order valence-electron chi connectivity index (χ1n) is 26.0. The molecule has 2 atom stereocenters. The minimum atomic E-state index is -4.54. The summed E-state index contributed by atoms with van der Waals surface area (Å²) < 4.78 is 34.7. The van der Waals surface area contributed by atoms with Gasteiger partial charge in [-0.3, -0.25) is 9.36 Å². The largest absolute Gasteiger partial charge is 0.756 e. The van der Waals surface area contributed by atoms with Crippen LogP contribution in [0.25, 0.3) is 0 Å². The molecule has 0 aromatic carbocycles. The zero-order chi connectivity index (χ0) is 47.6. The Morgan fingerprint density at radius 1 is 0.477 bits per heavy atom. The first kappa shape index (κ1) is 62.4. The Balaban J connectivity index is 4.16. The molecule has 0 aromatic heterocycles. The zero-order valence-electron chi connectivity index (χ0n) is 42.4. The quantitative estimate of drug-likeness (QED) is 0.0197. The summed E-state index contributed by atoms with van der Waals surface area (Å²) in [6.07, 6.45) is 65.8. The smallest absolute Gasteiger partial charge is 0.306 e. The standard InChI is InChI=1S/C56H98NO7P/c1-6-8-10-12-14-16-18-20-22-24-26-27-28-29-30-31-32-33-35-37-39-41-43-45-47-49-56(58)64-55(54-63-65(59,60)62-52-50-57(3,4)5)53-61-51-48-46-44-42-40-38-36-34-25-23-21-19-17-15-13-11-9-7-2/h8-11,14-17,20-23,26-27,34,36,55H,6-7,12-13,18-19,24-25,28-33,35,37-54H2,1-5H3/b10-8-,11-9-,16-14-,17-15-,22-20-,23-21-,27-26-,36-34-. The van der Waals surface area contributed by atoms with Crippen LogP contribution >= 0.6 is 7.82 Å². The first-order valence-corrected chi connectivity index (χ1v) is 27.4. The van der Waals surface area contributed by atoms with Gasteiger partial charge in [0.2, 0.25) is 0 Å². The van der Waals surface area contributed by atoms with E-state index in [0.29, 0.717) is 24.1 Å². The molecule has 0 aliphatic heterocycles. The fraction of sp³-hybridized carbons (Fsp3) is 0.696. The molecule has 0 aliphatic carbocycles. The molecular weight excluding hydrogens is 830 g/mol. The number of phosphoric ester groups is 1. The Kier molecular flexibility index (Phi) is 46.0. The highest BCUT2D eigenvalue weighted by molar-refractivity contribution is 7.45. The number of ether oxygens (including phenoxy) is 2. The van der Waals surface area contributed by atoms with Crippen molar-refractivity contribution in [2.75, 3.05) is 54.1 Å². The summed E-state index contributed by atoms with van der Waals surface area (Å²) in [7, 11) is 1.33. The number of esters is 1. The van der Waals surface area contributed by atoms with Crippen molar-refractivity contribution < 1.29 is 37.3 Å². The SMILES string of the molecule is CC/C=C\C/C=C\C/C=C\C/C=C\CCCCCCCCCCCCCCC(=O)OC(COCCCCCCC/C=C\C/C=C\C/C=C\C/C=C\CC)COP(=O)([O-])OCC[N+](C)(C)C. The van der Waals surface area contributed by atoms with Crippen molar-refractivity contribution in [2.24, 2.45) is 0 Å². The van der Waals surface area contributed by atoms with E-state index in [-0.39, 0.29) is 25.8 Å². The maximum atomic E-state index is 12.8. The van der Waals surface area contributed by atoms with E-state index >= 15 is 0 Å². The lowest BCUT2D eigenvalue weighted by Gasteiger charge is -2.28. The summed E-state index contributed by atoms with van der Waals surface area (Å²) in [4.78, 5) is 25.2. The molecule has 0 saturated carbocycles. The molecule has 65 heavy (non-hydrogen) atoms. The van der Waals surface area contributed by atoms with E-state index in [2.05, 4.69) is 111 Å². The lowest BCUT2D eigenvalue weighted by atomic mass is 10.0. The van der Waals surface area contributed by atoms with Crippen LogP contribution in [0.4, 0.5) is 0 Å². The van der Waals surface area contributed by atoms with E-state index in [1.807, 2.05) is 21.1 Å². The summed E-state index contributed by atoms with van der Waals surface area (Å²) in [5.41, 5.74) is 0. The number of carbonyl (C=O) groups is 1. The minimum absolute atomic E-state index is 0.0168. The second kappa shape index (κ2) is 47.9. The molecule has 0 rings (SSSR count). The second-order valence-electron chi connectivity index (χ2n) is 18.1. The van der Waals surface area contributed by atoms with Gasteiger partial charge in [0.05, 0.1) is 34.4 Å². The molecule has 0 saturated heterocycles. The molecule has 0 amide bonds. The molecule has 0 radical (unpaired) electrons. The van der Waals surface area contributed by atoms with E-state index in [1.54, 1.807) is 0 Å². The Bertz CT molecular complexity index is 1360. The van der Waals surface area contributed by atoms with Gasteiger partial charge in [-0.2, -0.15) is 0 Å². The highest BCUT2D eigenvalue weighted by Gasteiger charge is 2.20. The number of allylic oxidation sites excluding steroid dienone is 16. The van der Waals surface area contributed by atoms with Gasteiger partial charge in [-0.25, -0.2) is 0 Å².